The van der Waals surface area contributed by atoms with E-state index in [9.17, 15) is 13.2 Å². The molecule has 120 valence electrons. The van der Waals surface area contributed by atoms with E-state index in [1.807, 2.05) is 4.83 Å². The average Bonchev–Trinajstić information content (AvgIpc) is 2.60. The lowest BCUT2D eigenvalue weighted by Crippen LogP contribution is -2.41. The number of rotatable bonds is 4. The summed E-state index contributed by atoms with van der Waals surface area (Å²) in [5, 5.41) is 0. The molecule has 2 heterocycles. The lowest BCUT2D eigenvalue weighted by molar-refractivity contribution is 0.0940. The van der Waals surface area contributed by atoms with E-state index in [1.54, 1.807) is 12.1 Å². The molecule has 0 fully saturated rings. The highest BCUT2D eigenvalue weighted by atomic mass is 32.2. The van der Waals surface area contributed by atoms with Crippen LogP contribution in [0.2, 0.25) is 0 Å². The molecule has 0 saturated heterocycles. The molecule has 2 aromatic rings. The minimum Gasteiger partial charge on any atom is -0.486 e. The first-order valence-electron chi connectivity index (χ1n) is 6.69. The molecule has 8 nitrogen and oxygen atoms in total. The number of carbonyl (C=O) groups is 1. The van der Waals surface area contributed by atoms with Gasteiger partial charge in [0.05, 0.1) is 4.90 Å². The van der Waals surface area contributed by atoms with Gasteiger partial charge in [-0.25, -0.2) is 8.42 Å². The Morgan fingerprint density at radius 2 is 1.87 bits per heavy atom. The third kappa shape index (κ3) is 3.41. The molecule has 1 aliphatic heterocycles. The van der Waals surface area contributed by atoms with E-state index in [1.165, 1.54) is 30.5 Å². The molecule has 3 rings (SSSR count). The summed E-state index contributed by atoms with van der Waals surface area (Å²) in [5.41, 5.74) is 2.20. The lowest BCUT2D eigenvalue weighted by atomic mass is 10.3. The summed E-state index contributed by atoms with van der Waals surface area (Å²) < 4.78 is 35.1. The minimum absolute atomic E-state index is 0.0527. The number of aromatic nitrogens is 1. The topological polar surface area (TPSA) is 107 Å². The summed E-state index contributed by atoms with van der Waals surface area (Å²) >= 11 is 0. The molecule has 0 radical (unpaired) electrons. The van der Waals surface area contributed by atoms with E-state index in [-0.39, 0.29) is 10.6 Å². The average molecular weight is 335 g/mol. The van der Waals surface area contributed by atoms with Crippen LogP contribution in [0.25, 0.3) is 0 Å². The van der Waals surface area contributed by atoms with Gasteiger partial charge in [0.15, 0.2) is 11.5 Å². The van der Waals surface area contributed by atoms with E-state index in [4.69, 9.17) is 9.47 Å². The number of hydrogen-bond acceptors (Lipinski definition) is 6. The number of nitrogens with one attached hydrogen (secondary N) is 2. The van der Waals surface area contributed by atoms with E-state index < -0.39 is 15.9 Å². The van der Waals surface area contributed by atoms with Crippen LogP contribution < -0.4 is 19.7 Å². The SMILES string of the molecule is O=C(NNS(=O)(=O)c1ccc2c(c1)OCCO2)c1ccccn1. The summed E-state index contributed by atoms with van der Waals surface area (Å²) in [4.78, 5) is 17.6. The summed E-state index contributed by atoms with van der Waals surface area (Å²) in [7, 11) is -3.94. The van der Waals surface area contributed by atoms with Gasteiger partial charge in [-0.2, -0.15) is 0 Å². The van der Waals surface area contributed by atoms with Crippen molar-refractivity contribution in [3.05, 3.63) is 48.3 Å². The van der Waals surface area contributed by atoms with Gasteiger partial charge in [0, 0.05) is 12.3 Å². The highest BCUT2D eigenvalue weighted by Crippen LogP contribution is 2.31. The molecular formula is C14H13N3O5S. The van der Waals surface area contributed by atoms with Crippen LogP contribution in [0, 0.1) is 0 Å². The normalized spacial score (nSPS) is 13.4. The Balaban J connectivity index is 1.73. The third-order valence-corrected chi connectivity index (χ3v) is 4.27. The van der Waals surface area contributed by atoms with E-state index in [0.29, 0.717) is 24.7 Å². The number of nitrogens with zero attached hydrogens (tertiary/aromatic N) is 1. The van der Waals surface area contributed by atoms with Crippen molar-refractivity contribution >= 4 is 15.9 Å². The molecule has 0 bridgehead atoms. The highest BCUT2D eigenvalue weighted by Gasteiger charge is 2.20. The van der Waals surface area contributed by atoms with E-state index in [0.717, 1.165) is 0 Å². The molecule has 0 atom stereocenters. The van der Waals surface area contributed by atoms with Crippen LogP contribution in [0.3, 0.4) is 0 Å². The van der Waals surface area contributed by atoms with E-state index in [2.05, 4.69) is 10.4 Å². The van der Waals surface area contributed by atoms with Crippen molar-refractivity contribution in [2.24, 2.45) is 0 Å². The van der Waals surface area contributed by atoms with Gasteiger partial charge in [0.25, 0.3) is 15.9 Å². The minimum atomic E-state index is -3.94. The Hall–Kier alpha value is -2.65. The standard InChI is InChI=1S/C14H13N3O5S/c18-14(11-3-1-2-6-15-11)16-17-23(19,20)10-4-5-12-13(9-10)22-8-7-21-12/h1-6,9,17H,7-8H2,(H,16,18). The fourth-order valence-electron chi connectivity index (χ4n) is 1.92. The zero-order valence-electron chi connectivity index (χ0n) is 11.9. The number of fused-ring (bicyclic) bond motifs is 1. The van der Waals surface area contributed by atoms with Gasteiger partial charge in [0.2, 0.25) is 0 Å². The second kappa shape index (κ2) is 6.23. The predicted molar refractivity (Wildman–Crippen MR) is 79.5 cm³/mol. The molecule has 1 aromatic heterocycles. The molecule has 1 aliphatic rings. The molecule has 0 unspecified atom stereocenters. The van der Waals surface area contributed by atoms with Gasteiger partial charge in [0.1, 0.15) is 18.9 Å². The Morgan fingerprint density at radius 3 is 2.61 bits per heavy atom. The van der Waals surface area contributed by atoms with Crippen LogP contribution >= 0.6 is 0 Å². The summed E-state index contributed by atoms with van der Waals surface area (Å²) in [6.07, 6.45) is 1.43. The Bertz CT molecular complexity index is 824. The van der Waals surface area contributed by atoms with Gasteiger partial charge in [-0.05, 0) is 24.3 Å². The summed E-state index contributed by atoms with van der Waals surface area (Å²) in [6, 6.07) is 8.94. The van der Waals surface area contributed by atoms with Crippen LogP contribution in [0.5, 0.6) is 11.5 Å². The van der Waals surface area contributed by atoms with Gasteiger partial charge in [-0.15, -0.1) is 4.83 Å². The van der Waals surface area contributed by atoms with Gasteiger partial charge in [-0.3, -0.25) is 15.2 Å². The Kier molecular flexibility index (Phi) is 4.13. The molecule has 9 heteroatoms. The molecule has 1 amide bonds. The van der Waals surface area contributed by atoms with Crippen molar-refractivity contribution in [1.82, 2.24) is 15.2 Å². The van der Waals surface area contributed by atoms with Crippen LogP contribution in [-0.2, 0) is 10.0 Å². The quantitative estimate of drug-likeness (QED) is 0.787. The zero-order chi connectivity index (χ0) is 16.3. The van der Waals surface area contributed by atoms with Crippen LogP contribution in [0.4, 0.5) is 0 Å². The summed E-state index contributed by atoms with van der Waals surface area (Å²) in [5.74, 6) is 0.162. The maximum absolute atomic E-state index is 12.2. The van der Waals surface area contributed by atoms with Crippen LogP contribution in [0.1, 0.15) is 10.5 Å². The first-order valence-corrected chi connectivity index (χ1v) is 8.17. The number of ether oxygens (including phenoxy) is 2. The highest BCUT2D eigenvalue weighted by molar-refractivity contribution is 7.89. The zero-order valence-corrected chi connectivity index (χ0v) is 12.7. The van der Waals surface area contributed by atoms with E-state index >= 15 is 0 Å². The number of sulfonamides is 1. The Labute approximate surface area is 132 Å². The van der Waals surface area contributed by atoms with Crippen molar-refractivity contribution in [1.29, 1.82) is 0 Å². The van der Waals surface area contributed by atoms with Crippen molar-refractivity contribution < 1.29 is 22.7 Å². The molecule has 1 aromatic carbocycles. The molecule has 0 saturated carbocycles. The van der Waals surface area contributed by atoms with Crippen LogP contribution in [-0.4, -0.2) is 32.5 Å². The second-order valence-electron chi connectivity index (χ2n) is 4.58. The van der Waals surface area contributed by atoms with Gasteiger partial charge >= 0.3 is 0 Å². The van der Waals surface area contributed by atoms with Crippen molar-refractivity contribution in [2.75, 3.05) is 13.2 Å². The fraction of sp³-hybridized carbons (Fsp3) is 0.143. The third-order valence-electron chi connectivity index (χ3n) is 3.02. The number of hydrazine groups is 1. The molecule has 23 heavy (non-hydrogen) atoms. The van der Waals surface area contributed by atoms with Crippen molar-refractivity contribution in [3.8, 4) is 11.5 Å². The monoisotopic (exact) mass is 335 g/mol. The molecular weight excluding hydrogens is 322 g/mol. The summed E-state index contributed by atoms with van der Waals surface area (Å²) in [6.45, 7) is 0.762. The second-order valence-corrected chi connectivity index (χ2v) is 6.26. The van der Waals surface area contributed by atoms with Gasteiger partial charge < -0.3 is 9.47 Å². The first kappa shape index (κ1) is 15.3. The molecule has 2 N–H and O–H groups in total. The fourth-order valence-corrected chi connectivity index (χ4v) is 2.78. The number of amides is 1. The van der Waals surface area contributed by atoms with Crippen LogP contribution in [0.15, 0.2) is 47.5 Å². The predicted octanol–water partition coefficient (Wildman–Crippen LogP) is 0.476. The van der Waals surface area contributed by atoms with Gasteiger partial charge in [-0.1, -0.05) is 6.07 Å². The maximum Gasteiger partial charge on any atom is 0.284 e. The first-order chi connectivity index (χ1) is 11.1. The smallest absolute Gasteiger partial charge is 0.284 e. The Morgan fingerprint density at radius 1 is 1.09 bits per heavy atom. The maximum atomic E-state index is 12.2. The lowest BCUT2D eigenvalue weighted by Gasteiger charge is -2.18. The molecule has 0 aliphatic carbocycles. The number of benzene rings is 1. The largest absolute Gasteiger partial charge is 0.486 e. The van der Waals surface area contributed by atoms with Crippen molar-refractivity contribution in [3.63, 3.8) is 0 Å². The van der Waals surface area contributed by atoms with Crippen molar-refractivity contribution in [2.45, 2.75) is 4.90 Å². The number of hydrogen-bond donors (Lipinski definition) is 2. The number of carbonyl (C=O) groups excluding carboxylic acids is 1. The number of pyridine rings is 1. The molecule has 0 spiro atoms.